The molecule has 0 aliphatic heterocycles. The van der Waals surface area contributed by atoms with Crippen molar-refractivity contribution in [2.45, 2.75) is 30.7 Å². The third-order valence-electron chi connectivity index (χ3n) is 2.63. The van der Waals surface area contributed by atoms with E-state index in [2.05, 4.69) is 10.0 Å². The highest BCUT2D eigenvalue weighted by atomic mass is 32.2. The normalized spacial score (nSPS) is 15.6. The number of amides is 1. The van der Waals surface area contributed by atoms with Gasteiger partial charge in [0.15, 0.2) is 0 Å². The lowest BCUT2D eigenvalue weighted by molar-refractivity contribution is -0.111. The van der Waals surface area contributed by atoms with Gasteiger partial charge in [-0.15, -0.1) is 0 Å². The van der Waals surface area contributed by atoms with E-state index in [9.17, 15) is 13.2 Å². The van der Waals surface area contributed by atoms with E-state index < -0.39 is 10.0 Å². The fourth-order valence-electron chi connectivity index (χ4n) is 1.56. The van der Waals surface area contributed by atoms with Crippen LogP contribution in [0.1, 0.15) is 19.8 Å². The van der Waals surface area contributed by atoms with Crippen LogP contribution in [0.5, 0.6) is 0 Å². The minimum atomic E-state index is -3.49. The summed E-state index contributed by atoms with van der Waals surface area (Å²) in [7, 11) is -3.49. The van der Waals surface area contributed by atoms with E-state index in [0.717, 1.165) is 12.8 Å². The molecule has 0 aromatic heterocycles. The van der Waals surface area contributed by atoms with Gasteiger partial charge in [-0.2, -0.15) is 0 Å². The lowest BCUT2D eigenvalue weighted by atomic mass is 10.3. The van der Waals surface area contributed by atoms with Crippen LogP contribution in [0, 0.1) is 0 Å². The molecule has 0 unspecified atom stereocenters. The maximum absolute atomic E-state index is 12.0. The van der Waals surface area contributed by atoms with Crippen LogP contribution in [0.15, 0.2) is 41.3 Å². The minimum absolute atomic E-state index is 0.0614. The smallest absolute Gasteiger partial charge is 0.248 e. The van der Waals surface area contributed by atoms with Gasteiger partial charge in [0.05, 0.1) is 4.90 Å². The Bertz CT molecular complexity index is 604. The molecule has 0 bridgehead atoms. The average molecular weight is 280 g/mol. The summed E-state index contributed by atoms with van der Waals surface area (Å²) in [6.45, 7) is 1.74. The van der Waals surface area contributed by atoms with Gasteiger partial charge in [0, 0.05) is 11.7 Å². The van der Waals surface area contributed by atoms with Crippen molar-refractivity contribution < 1.29 is 13.2 Å². The van der Waals surface area contributed by atoms with Crippen LogP contribution in [0.3, 0.4) is 0 Å². The summed E-state index contributed by atoms with van der Waals surface area (Å²) < 4.78 is 26.6. The summed E-state index contributed by atoms with van der Waals surface area (Å²) in [6, 6.07) is 6.28. The van der Waals surface area contributed by atoms with Crippen LogP contribution in [0.2, 0.25) is 0 Å². The number of benzene rings is 1. The first kappa shape index (κ1) is 13.8. The third-order valence-corrected chi connectivity index (χ3v) is 4.15. The number of hydrogen-bond acceptors (Lipinski definition) is 3. The molecule has 102 valence electrons. The molecule has 0 atom stereocenters. The molecular weight excluding hydrogens is 264 g/mol. The Morgan fingerprint density at radius 3 is 2.74 bits per heavy atom. The highest BCUT2D eigenvalue weighted by molar-refractivity contribution is 7.89. The number of rotatable bonds is 5. The molecule has 2 N–H and O–H groups in total. The van der Waals surface area contributed by atoms with E-state index in [4.69, 9.17) is 0 Å². The largest absolute Gasteiger partial charge is 0.322 e. The van der Waals surface area contributed by atoms with E-state index >= 15 is 0 Å². The predicted octanol–water partition coefficient (Wildman–Crippen LogP) is 1.64. The standard InChI is InChI=1S/C13H16N2O3S/c1-2-4-13(16)14-11-5-3-6-12(9-11)19(17,18)15-10-7-8-10/h2-6,9-10,15H,7-8H2,1H3,(H,14,16). The van der Waals surface area contributed by atoms with E-state index in [-0.39, 0.29) is 16.8 Å². The highest BCUT2D eigenvalue weighted by Gasteiger charge is 2.27. The molecule has 0 saturated heterocycles. The molecule has 0 spiro atoms. The zero-order valence-corrected chi connectivity index (χ0v) is 11.4. The van der Waals surface area contributed by atoms with Gasteiger partial charge >= 0.3 is 0 Å². The molecule has 5 nitrogen and oxygen atoms in total. The van der Waals surface area contributed by atoms with E-state index in [0.29, 0.717) is 5.69 Å². The molecule has 1 aromatic rings. The lowest BCUT2D eigenvalue weighted by Gasteiger charge is -2.07. The van der Waals surface area contributed by atoms with Gasteiger partial charge < -0.3 is 5.32 Å². The lowest BCUT2D eigenvalue weighted by Crippen LogP contribution is -2.25. The topological polar surface area (TPSA) is 75.3 Å². The summed E-state index contributed by atoms with van der Waals surface area (Å²) in [4.78, 5) is 11.6. The van der Waals surface area contributed by atoms with Crippen molar-refractivity contribution >= 4 is 21.6 Å². The van der Waals surface area contributed by atoms with Crippen molar-refractivity contribution in [1.82, 2.24) is 4.72 Å². The third kappa shape index (κ3) is 3.90. The molecule has 1 amide bonds. The number of nitrogens with one attached hydrogen (secondary N) is 2. The summed E-state index contributed by atoms with van der Waals surface area (Å²) in [5, 5.41) is 2.61. The van der Waals surface area contributed by atoms with Gasteiger partial charge in [-0.3, -0.25) is 4.79 Å². The second-order valence-corrected chi connectivity index (χ2v) is 6.13. The second-order valence-electron chi connectivity index (χ2n) is 4.41. The van der Waals surface area contributed by atoms with Crippen molar-refractivity contribution in [3.8, 4) is 0 Å². The van der Waals surface area contributed by atoms with Crippen LogP contribution >= 0.6 is 0 Å². The number of carbonyl (C=O) groups excluding carboxylic acids is 1. The van der Waals surface area contributed by atoms with Crippen molar-refractivity contribution in [2.24, 2.45) is 0 Å². The molecule has 6 heteroatoms. The molecule has 0 radical (unpaired) electrons. The SMILES string of the molecule is CC=CC(=O)Nc1cccc(S(=O)(=O)NC2CC2)c1. The Kier molecular flexibility index (Phi) is 4.01. The number of carbonyl (C=O) groups is 1. The summed E-state index contributed by atoms with van der Waals surface area (Å²) in [5.41, 5.74) is 0.460. The van der Waals surface area contributed by atoms with Crippen LogP contribution in [0.25, 0.3) is 0 Å². The van der Waals surface area contributed by atoms with Crippen LogP contribution in [-0.2, 0) is 14.8 Å². The van der Waals surface area contributed by atoms with E-state index in [1.54, 1.807) is 25.1 Å². The Morgan fingerprint density at radius 2 is 2.11 bits per heavy atom. The van der Waals surface area contributed by atoms with Gasteiger partial charge in [0.25, 0.3) is 0 Å². The zero-order chi connectivity index (χ0) is 13.9. The summed E-state index contributed by atoms with van der Waals surface area (Å²) in [5.74, 6) is -0.285. The van der Waals surface area contributed by atoms with Crippen molar-refractivity contribution in [1.29, 1.82) is 0 Å². The average Bonchev–Trinajstić information content (AvgIpc) is 3.13. The molecule has 1 aliphatic carbocycles. The van der Waals surface area contributed by atoms with Gasteiger partial charge in [0.2, 0.25) is 15.9 Å². The van der Waals surface area contributed by atoms with Crippen molar-refractivity contribution in [3.63, 3.8) is 0 Å². The molecule has 2 rings (SSSR count). The molecule has 19 heavy (non-hydrogen) atoms. The van der Waals surface area contributed by atoms with Crippen LogP contribution < -0.4 is 10.0 Å². The summed E-state index contributed by atoms with van der Waals surface area (Å²) in [6.07, 6.45) is 4.77. The van der Waals surface area contributed by atoms with Gasteiger partial charge in [-0.25, -0.2) is 13.1 Å². The molecular formula is C13H16N2O3S. The fourth-order valence-corrected chi connectivity index (χ4v) is 2.92. The monoisotopic (exact) mass is 280 g/mol. The van der Waals surface area contributed by atoms with E-state index in [1.807, 2.05) is 0 Å². The molecule has 0 heterocycles. The van der Waals surface area contributed by atoms with Crippen LogP contribution in [-0.4, -0.2) is 20.4 Å². The van der Waals surface area contributed by atoms with Gasteiger partial charge in [0.1, 0.15) is 0 Å². The molecule has 1 fully saturated rings. The maximum atomic E-state index is 12.0. The molecule has 1 aliphatic rings. The quantitative estimate of drug-likeness (QED) is 0.805. The predicted molar refractivity (Wildman–Crippen MR) is 73.2 cm³/mol. The first-order valence-electron chi connectivity index (χ1n) is 6.07. The second kappa shape index (κ2) is 5.54. The maximum Gasteiger partial charge on any atom is 0.248 e. The van der Waals surface area contributed by atoms with E-state index in [1.165, 1.54) is 18.2 Å². The molecule has 1 aromatic carbocycles. The number of hydrogen-bond donors (Lipinski definition) is 2. The Balaban J connectivity index is 2.16. The Morgan fingerprint density at radius 1 is 1.37 bits per heavy atom. The molecule has 1 saturated carbocycles. The van der Waals surface area contributed by atoms with Crippen molar-refractivity contribution in [2.75, 3.05) is 5.32 Å². The Hall–Kier alpha value is -1.66. The van der Waals surface area contributed by atoms with Crippen molar-refractivity contribution in [3.05, 3.63) is 36.4 Å². The number of sulfonamides is 1. The van der Waals surface area contributed by atoms with Crippen LogP contribution in [0.4, 0.5) is 5.69 Å². The van der Waals surface area contributed by atoms with Gasteiger partial charge in [-0.1, -0.05) is 12.1 Å². The minimum Gasteiger partial charge on any atom is -0.322 e. The first-order chi connectivity index (χ1) is 9.01. The Labute approximate surface area is 112 Å². The summed E-state index contributed by atoms with van der Waals surface area (Å²) >= 11 is 0. The zero-order valence-electron chi connectivity index (χ0n) is 10.6. The highest BCUT2D eigenvalue weighted by Crippen LogP contribution is 2.23. The first-order valence-corrected chi connectivity index (χ1v) is 7.55. The number of allylic oxidation sites excluding steroid dienone is 1. The van der Waals surface area contributed by atoms with Gasteiger partial charge in [-0.05, 0) is 44.0 Å². The fraction of sp³-hybridized carbons (Fsp3) is 0.308. The number of anilines is 1.